The predicted molar refractivity (Wildman–Crippen MR) is 67.9 cm³/mol. The minimum Gasteiger partial charge on any atom is -0.316 e. The molecule has 1 unspecified atom stereocenters. The molecule has 84 valence electrons. The standard InChI is InChI=1S/C12H14BrN3/c1-8-11(9-4-5-14-7-9)15-12-10(13)3-2-6-16(8)12/h2-3,6,9,14H,4-5,7H2,1H3. The van der Waals surface area contributed by atoms with Crippen LogP contribution in [0.2, 0.25) is 0 Å². The van der Waals surface area contributed by atoms with Crippen LogP contribution in [-0.2, 0) is 0 Å². The van der Waals surface area contributed by atoms with Crippen molar-refractivity contribution in [3.05, 3.63) is 34.2 Å². The van der Waals surface area contributed by atoms with E-state index in [-0.39, 0.29) is 0 Å². The normalized spacial score (nSPS) is 20.8. The van der Waals surface area contributed by atoms with Crippen molar-refractivity contribution in [3.8, 4) is 0 Å². The third-order valence-electron chi connectivity index (χ3n) is 3.32. The van der Waals surface area contributed by atoms with Crippen molar-refractivity contribution in [2.45, 2.75) is 19.3 Å². The molecule has 3 rings (SSSR count). The van der Waals surface area contributed by atoms with Gasteiger partial charge in [-0.2, -0.15) is 0 Å². The fourth-order valence-corrected chi connectivity index (χ4v) is 2.88. The van der Waals surface area contributed by atoms with Crippen LogP contribution in [0.4, 0.5) is 0 Å². The monoisotopic (exact) mass is 279 g/mol. The minimum absolute atomic E-state index is 0.576. The van der Waals surface area contributed by atoms with Gasteiger partial charge in [0.2, 0.25) is 0 Å². The second-order valence-corrected chi connectivity index (χ2v) is 5.18. The van der Waals surface area contributed by atoms with Gasteiger partial charge >= 0.3 is 0 Å². The molecule has 1 N–H and O–H groups in total. The molecule has 0 spiro atoms. The summed E-state index contributed by atoms with van der Waals surface area (Å²) in [6, 6.07) is 4.08. The van der Waals surface area contributed by atoms with E-state index < -0.39 is 0 Å². The molecule has 16 heavy (non-hydrogen) atoms. The van der Waals surface area contributed by atoms with E-state index in [1.54, 1.807) is 0 Å². The quantitative estimate of drug-likeness (QED) is 0.869. The van der Waals surface area contributed by atoms with Crippen LogP contribution in [0.25, 0.3) is 5.65 Å². The summed E-state index contributed by atoms with van der Waals surface area (Å²) in [5, 5.41) is 3.40. The molecule has 1 fully saturated rings. The maximum Gasteiger partial charge on any atom is 0.151 e. The van der Waals surface area contributed by atoms with Gasteiger partial charge in [0.15, 0.2) is 5.65 Å². The number of pyridine rings is 1. The molecular formula is C12H14BrN3. The first-order valence-electron chi connectivity index (χ1n) is 5.61. The van der Waals surface area contributed by atoms with Gasteiger partial charge in [-0.1, -0.05) is 0 Å². The summed E-state index contributed by atoms with van der Waals surface area (Å²) < 4.78 is 3.23. The second kappa shape index (κ2) is 3.86. The lowest BCUT2D eigenvalue weighted by molar-refractivity contribution is 0.734. The summed E-state index contributed by atoms with van der Waals surface area (Å²) in [7, 11) is 0. The lowest BCUT2D eigenvalue weighted by Crippen LogP contribution is -2.08. The van der Waals surface area contributed by atoms with Crippen LogP contribution in [0.3, 0.4) is 0 Å². The molecule has 0 saturated carbocycles. The SMILES string of the molecule is Cc1c(C2CCNC2)nc2c(Br)cccn12. The van der Waals surface area contributed by atoms with Crippen LogP contribution in [0, 0.1) is 6.92 Å². The maximum absolute atomic E-state index is 4.77. The Hall–Kier alpha value is -0.870. The zero-order valence-electron chi connectivity index (χ0n) is 9.20. The Balaban J connectivity index is 2.18. The highest BCUT2D eigenvalue weighted by Crippen LogP contribution is 2.27. The topological polar surface area (TPSA) is 29.3 Å². The molecule has 4 heteroatoms. The van der Waals surface area contributed by atoms with Crippen LogP contribution < -0.4 is 5.32 Å². The summed E-state index contributed by atoms with van der Waals surface area (Å²) in [6.45, 7) is 4.32. The lowest BCUT2D eigenvalue weighted by Gasteiger charge is -2.05. The van der Waals surface area contributed by atoms with Crippen LogP contribution in [0.15, 0.2) is 22.8 Å². The highest BCUT2D eigenvalue weighted by Gasteiger charge is 2.22. The third kappa shape index (κ3) is 1.48. The molecular weight excluding hydrogens is 266 g/mol. The average Bonchev–Trinajstić information content (AvgIpc) is 2.88. The van der Waals surface area contributed by atoms with E-state index in [0.717, 1.165) is 23.2 Å². The number of hydrogen-bond acceptors (Lipinski definition) is 2. The number of halogens is 1. The van der Waals surface area contributed by atoms with Gasteiger partial charge in [-0.3, -0.25) is 0 Å². The van der Waals surface area contributed by atoms with Gasteiger partial charge in [0, 0.05) is 24.4 Å². The number of imidazole rings is 1. The lowest BCUT2D eigenvalue weighted by atomic mass is 10.0. The van der Waals surface area contributed by atoms with Crippen molar-refractivity contribution in [1.82, 2.24) is 14.7 Å². The second-order valence-electron chi connectivity index (χ2n) is 4.32. The zero-order valence-corrected chi connectivity index (χ0v) is 10.8. The smallest absolute Gasteiger partial charge is 0.151 e. The third-order valence-corrected chi connectivity index (χ3v) is 3.94. The van der Waals surface area contributed by atoms with E-state index in [1.165, 1.54) is 17.8 Å². The number of aryl methyl sites for hydroxylation is 1. The Morgan fingerprint density at radius 1 is 1.56 bits per heavy atom. The molecule has 2 aromatic heterocycles. The molecule has 2 aromatic rings. The van der Waals surface area contributed by atoms with E-state index >= 15 is 0 Å². The van der Waals surface area contributed by atoms with Crippen molar-refractivity contribution in [3.63, 3.8) is 0 Å². The Bertz CT molecular complexity index is 526. The van der Waals surface area contributed by atoms with Gasteiger partial charge in [-0.05, 0) is 48.0 Å². The maximum atomic E-state index is 4.77. The highest BCUT2D eigenvalue weighted by molar-refractivity contribution is 9.10. The van der Waals surface area contributed by atoms with Gasteiger partial charge in [-0.15, -0.1) is 0 Å². The van der Waals surface area contributed by atoms with Gasteiger partial charge in [-0.25, -0.2) is 4.98 Å². The minimum atomic E-state index is 0.576. The van der Waals surface area contributed by atoms with E-state index in [9.17, 15) is 0 Å². The van der Waals surface area contributed by atoms with Crippen LogP contribution in [0.1, 0.15) is 23.7 Å². The van der Waals surface area contributed by atoms with Crippen molar-refractivity contribution >= 4 is 21.6 Å². The van der Waals surface area contributed by atoms with E-state index in [1.807, 2.05) is 12.1 Å². The van der Waals surface area contributed by atoms with Gasteiger partial charge in [0.1, 0.15) is 0 Å². The Morgan fingerprint density at radius 2 is 2.44 bits per heavy atom. The van der Waals surface area contributed by atoms with Crippen LogP contribution in [-0.4, -0.2) is 22.5 Å². The number of nitrogens with zero attached hydrogens (tertiary/aromatic N) is 2. The molecule has 0 radical (unpaired) electrons. The summed E-state index contributed by atoms with van der Waals surface area (Å²) in [4.78, 5) is 4.77. The predicted octanol–water partition coefficient (Wildman–Crippen LogP) is 2.48. The largest absolute Gasteiger partial charge is 0.316 e. The Morgan fingerprint density at radius 3 is 3.12 bits per heavy atom. The van der Waals surface area contributed by atoms with Gasteiger partial charge in [0.25, 0.3) is 0 Å². The number of rotatable bonds is 1. The first-order chi connectivity index (χ1) is 7.77. The molecule has 3 nitrogen and oxygen atoms in total. The summed E-state index contributed by atoms with van der Waals surface area (Å²) in [6.07, 6.45) is 3.27. The fraction of sp³-hybridized carbons (Fsp3) is 0.417. The molecule has 1 atom stereocenters. The van der Waals surface area contributed by atoms with Gasteiger partial charge < -0.3 is 9.72 Å². The molecule has 1 aliphatic heterocycles. The number of aromatic nitrogens is 2. The first-order valence-corrected chi connectivity index (χ1v) is 6.40. The van der Waals surface area contributed by atoms with Crippen molar-refractivity contribution in [2.75, 3.05) is 13.1 Å². The molecule has 0 aromatic carbocycles. The van der Waals surface area contributed by atoms with Crippen molar-refractivity contribution in [1.29, 1.82) is 0 Å². The number of hydrogen-bond donors (Lipinski definition) is 1. The van der Waals surface area contributed by atoms with E-state index in [4.69, 9.17) is 4.98 Å². The summed E-state index contributed by atoms with van der Waals surface area (Å²) in [5.74, 6) is 0.576. The number of nitrogens with one attached hydrogen (secondary N) is 1. The summed E-state index contributed by atoms with van der Waals surface area (Å²) in [5.41, 5.74) is 3.55. The Labute approximate surface area is 103 Å². The zero-order chi connectivity index (χ0) is 11.1. The molecule has 0 bridgehead atoms. The molecule has 0 amide bonds. The van der Waals surface area contributed by atoms with Crippen molar-refractivity contribution in [2.24, 2.45) is 0 Å². The number of fused-ring (bicyclic) bond motifs is 1. The average molecular weight is 280 g/mol. The fourth-order valence-electron chi connectivity index (χ4n) is 2.44. The van der Waals surface area contributed by atoms with Crippen LogP contribution >= 0.6 is 15.9 Å². The summed E-state index contributed by atoms with van der Waals surface area (Å²) >= 11 is 3.55. The Kier molecular flexibility index (Phi) is 2.48. The molecule has 1 aliphatic rings. The molecule has 0 aliphatic carbocycles. The highest BCUT2D eigenvalue weighted by atomic mass is 79.9. The first kappa shape index (κ1) is 10.3. The van der Waals surface area contributed by atoms with E-state index in [0.29, 0.717) is 5.92 Å². The van der Waals surface area contributed by atoms with Crippen molar-refractivity contribution < 1.29 is 0 Å². The van der Waals surface area contributed by atoms with Gasteiger partial charge in [0.05, 0.1) is 10.2 Å². The van der Waals surface area contributed by atoms with Crippen LogP contribution in [0.5, 0.6) is 0 Å². The van der Waals surface area contributed by atoms with E-state index in [2.05, 4.69) is 38.8 Å². The molecule has 3 heterocycles. The molecule has 1 saturated heterocycles.